The summed E-state index contributed by atoms with van der Waals surface area (Å²) in [5, 5.41) is 12.6. The maximum atomic E-state index is 9.34. The molecule has 0 bridgehead atoms. The second-order valence-corrected chi connectivity index (χ2v) is 6.04. The van der Waals surface area contributed by atoms with E-state index in [2.05, 4.69) is 45.5 Å². The zero-order chi connectivity index (χ0) is 14.4. The van der Waals surface area contributed by atoms with E-state index < -0.39 is 0 Å². The first-order valence-electron chi connectivity index (χ1n) is 6.84. The summed E-state index contributed by atoms with van der Waals surface area (Å²) in [7, 11) is 1.99. The van der Waals surface area contributed by atoms with Gasteiger partial charge in [0.15, 0.2) is 0 Å². The topological polar surface area (TPSA) is 32.3 Å². The molecule has 0 aromatic heterocycles. The van der Waals surface area contributed by atoms with Crippen LogP contribution in [-0.2, 0) is 12.8 Å². The average Bonchev–Trinajstić information content (AvgIpc) is 2.44. The Bertz CT molecular complexity index is 474. The van der Waals surface area contributed by atoms with Crippen LogP contribution in [0.25, 0.3) is 0 Å². The van der Waals surface area contributed by atoms with Gasteiger partial charge >= 0.3 is 0 Å². The first-order chi connectivity index (χ1) is 9.67. The summed E-state index contributed by atoms with van der Waals surface area (Å²) in [5.74, 6) is 0.873. The maximum absolute atomic E-state index is 9.34. The van der Waals surface area contributed by atoms with Gasteiger partial charge in [-0.2, -0.15) is 0 Å². The fourth-order valence-electron chi connectivity index (χ4n) is 2.42. The van der Waals surface area contributed by atoms with Crippen LogP contribution in [0.2, 0.25) is 0 Å². The third kappa shape index (κ3) is 4.66. The number of phenolic OH excluding ortho intramolecular Hbond substituents is 1. The predicted molar refractivity (Wildman–Crippen MR) is 87.1 cm³/mol. The number of hydrogen-bond acceptors (Lipinski definition) is 2. The smallest absolute Gasteiger partial charge is 0.115 e. The molecule has 20 heavy (non-hydrogen) atoms. The van der Waals surface area contributed by atoms with Gasteiger partial charge in [0.05, 0.1) is 0 Å². The Hall–Kier alpha value is -1.32. The summed E-state index contributed by atoms with van der Waals surface area (Å²) < 4.78 is 1.12. The lowest BCUT2D eigenvalue weighted by atomic mass is 9.92. The van der Waals surface area contributed by atoms with Crippen molar-refractivity contribution >= 4 is 15.9 Å². The van der Waals surface area contributed by atoms with Gasteiger partial charge in [-0.3, -0.25) is 0 Å². The number of hydrogen-bond donors (Lipinski definition) is 2. The molecule has 0 aliphatic heterocycles. The highest BCUT2D eigenvalue weighted by Gasteiger charge is 2.10. The summed E-state index contributed by atoms with van der Waals surface area (Å²) in [4.78, 5) is 0. The van der Waals surface area contributed by atoms with Crippen molar-refractivity contribution in [3.63, 3.8) is 0 Å². The van der Waals surface area contributed by atoms with Gasteiger partial charge in [0, 0.05) is 4.47 Å². The monoisotopic (exact) mass is 333 g/mol. The summed E-state index contributed by atoms with van der Waals surface area (Å²) in [6.07, 6.45) is 2.06. The standard InChI is InChI=1S/C17H20BrNO/c1-19-12-15(10-13-2-6-16(18)7-3-13)11-14-4-8-17(20)9-5-14/h2-9,15,19-20H,10-12H2,1H3. The molecule has 2 rings (SSSR count). The third-order valence-electron chi connectivity index (χ3n) is 3.39. The van der Waals surface area contributed by atoms with Crippen LogP contribution in [-0.4, -0.2) is 18.7 Å². The van der Waals surface area contributed by atoms with Crippen molar-refractivity contribution in [3.05, 3.63) is 64.1 Å². The van der Waals surface area contributed by atoms with E-state index in [-0.39, 0.29) is 0 Å². The molecule has 0 fully saturated rings. The maximum Gasteiger partial charge on any atom is 0.115 e. The minimum Gasteiger partial charge on any atom is -0.508 e. The van der Waals surface area contributed by atoms with E-state index in [0.29, 0.717) is 11.7 Å². The Balaban J connectivity index is 2.02. The quantitative estimate of drug-likeness (QED) is 0.843. The molecule has 0 saturated heterocycles. The zero-order valence-electron chi connectivity index (χ0n) is 11.6. The Kier molecular flexibility index (Phi) is 5.62. The van der Waals surface area contributed by atoms with Crippen LogP contribution < -0.4 is 5.32 Å². The van der Waals surface area contributed by atoms with Gasteiger partial charge in [0.25, 0.3) is 0 Å². The molecule has 2 aromatic rings. The molecule has 0 saturated carbocycles. The molecule has 0 aliphatic carbocycles. The Morgan fingerprint density at radius 3 is 1.95 bits per heavy atom. The van der Waals surface area contributed by atoms with Gasteiger partial charge in [-0.1, -0.05) is 40.2 Å². The average molecular weight is 334 g/mol. The van der Waals surface area contributed by atoms with Crippen molar-refractivity contribution in [1.82, 2.24) is 5.32 Å². The van der Waals surface area contributed by atoms with E-state index in [1.54, 1.807) is 12.1 Å². The molecule has 106 valence electrons. The van der Waals surface area contributed by atoms with Gasteiger partial charge < -0.3 is 10.4 Å². The van der Waals surface area contributed by atoms with E-state index in [1.807, 2.05) is 19.2 Å². The molecule has 0 amide bonds. The number of benzene rings is 2. The van der Waals surface area contributed by atoms with Crippen molar-refractivity contribution < 1.29 is 5.11 Å². The summed E-state index contributed by atoms with van der Waals surface area (Å²) >= 11 is 3.47. The fraction of sp³-hybridized carbons (Fsp3) is 0.294. The first-order valence-corrected chi connectivity index (χ1v) is 7.63. The van der Waals surface area contributed by atoms with Crippen LogP contribution in [0.15, 0.2) is 53.0 Å². The molecule has 2 nitrogen and oxygen atoms in total. The minimum absolute atomic E-state index is 0.326. The highest BCUT2D eigenvalue weighted by Crippen LogP contribution is 2.18. The zero-order valence-corrected chi connectivity index (χ0v) is 13.2. The normalized spacial score (nSPS) is 12.3. The Labute approximate surface area is 129 Å². The van der Waals surface area contributed by atoms with Gasteiger partial charge in [0.2, 0.25) is 0 Å². The van der Waals surface area contributed by atoms with Crippen LogP contribution in [0.4, 0.5) is 0 Å². The van der Waals surface area contributed by atoms with E-state index in [9.17, 15) is 5.11 Å². The Morgan fingerprint density at radius 1 is 0.950 bits per heavy atom. The SMILES string of the molecule is CNCC(Cc1ccc(O)cc1)Cc1ccc(Br)cc1. The summed E-state index contributed by atoms with van der Waals surface area (Å²) in [5.41, 5.74) is 2.62. The predicted octanol–water partition coefficient (Wildman–Crippen LogP) is 3.78. The number of aromatic hydroxyl groups is 1. The molecule has 0 aliphatic rings. The number of nitrogens with one attached hydrogen (secondary N) is 1. The van der Waals surface area contributed by atoms with Gasteiger partial charge in [-0.15, -0.1) is 0 Å². The van der Waals surface area contributed by atoms with Crippen LogP contribution in [0.5, 0.6) is 5.75 Å². The lowest BCUT2D eigenvalue weighted by Crippen LogP contribution is -2.22. The van der Waals surface area contributed by atoms with Crippen molar-refractivity contribution in [2.75, 3.05) is 13.6 Å². The largest absolute Gasteiger partial charge is 0.508 e. The summed E-state index contributed by atoms with van der Waals surface area (Å²) in [6.45, 7) is 0.983. The van der Waals surface area contributed by atoms with Gasteiger partial charge in [0.1, 0.15) is 5.75 Å². The lowest BCUT2D eigenvalue weighted by Gasteiger charge is -2.17. The first kappa shape index (κ1) is 15.1. The van der Waals surface area contributed by atoms with Crippen molar-refractivity contribution in [2.45, 2.75) is 12.8 Å². The van der Waals surface area contributed by atoms with Crippen molar-refractivity contribution in [1.29, 1.82) is 0 Å². The lowest BCUT2D eigenvalue weighted by molar-refractivity contribution is 0.473. The Morgan fingerprint density at radius 2 is 1.45 bits per heavy atom. The molecular formula is C17H20BrNO. The number of halogens is 1. The highest BCUT2D eigenvalue weighted by molar-refractivity contribution is 9.10. The molecule has 2 aromatic carbocycles. The minimum atomic E-state index is 0.326. The van der Waals surface area contributed by atoms with Gasteiger partial charge in [-0.25, -0.2) is 0 Å². The van der Waals surface area contributed by atoms with Crippen LogP contribution in [0.1, 0.15) is 11.1 Å². The second kappa shape index (κ2) is 7.46. The van der Waals surface area contributed by atoms with E-state index in [4.69, 9.17) is 0 Å². The number of rotatable bonds is 6. The van der Waals surface area contributed by atoms with Crippen molar-refractivity contribution in [3.8, 4) is 5.75 Å². The van der Waals surface area contributed by atoms with E-state index in [0.717, 1.165) is 23.9 Å². The van der Waals surface area contributed by atoms with Crippen LogP contribution >= 0.6 is 15.9 Å². The summed E-state index contributed by atoms with van der Waals surface area (Å²) in [6, 6.07) is 16.0. The molecule has 3 heteroatoms. The molecule has 0 spiro atoms. The van der Waals surface area contributed by atoms with Crippen molar-refractivity contribution in [2.24, 2.45) is 5.92 Å². The fourth-order valence-corrected chi connectivity index (χ4v) is 2.69. The van der Waals surface area contributed by atoms with E-state index in [1.165, 1.54) is 11.1 Å². The molecule has 1 atom stereocenters. The highest BCUT2D eigenvalue weighted by atomic mass is 79.9. The molecular weight excluding hydrogens is 314 g/mol. The van der Waals surface area contributed by atoms with E-state index >= 15 is 0 Å². The molecule has 1 unspecified atom stereocenters. The molecule has 2 N–H and O–H groups in total. The second-order valence-electron chi connectivity index (χ2n) is 5.12. The molecule has 0 heterocycles. The third-order valence-corrected chi connectivity index (χ3v) is 3.92. The van der Waals surface area contributed by atoms with Gasteiger partial charge in [-0.05, 0) is 67.7 Å². The number of phenols is 1. The van der Waals surface area contributed by atoms with Crippen LogP contribution in [0.3, 0.4) is 0 Å². The molecule has 0 radical (unpaired) electrons. The van der Waals surface area contributed by atoms with Crippen LogP contribution in [0, 0.1) is 5.92 Å².